The molecule has 0 saturated heterocycles. The molecule has 1 atom stereocenters. The van der Waals surface area contributed by atoms with Crippen LogP contribution >= 0.6 is 15.9 Å². The Balaban J connectivity index is 3.45. The Morgan fingerprint density at radius 3 is 2.46 bits per heavy atom. The summed E-state index contributed by atoms with van der Waals surface area (Å²) in [6, 6.07) is 0. The molecule has 0 amide bonds. The molecule has 3 heteroatoms. The van der Waals surface area contributed by atoms with Crippen LogP contribution in [0.25, 0.3) is 0 Å². The average Bonchev–Trinajstić information content (AvgIpc) is 2.14. The van der Waals surface area contributed by atoms with Crippen LogP contribution in [0, 0.1) is 0 Å². The third kappa shape index (κ3) is 7.05. The number of carbonyl (C=O) groups is 1. The molecule has 0 fully saturated rings. The van der Waals surface area contributed by atoms with Gasteiger partial charge in [0.25, 0.3) is 0 Å². The molecule has 0 saturated carbocycles. The summed E-state index contributed by atoms with van der Waals surface area (Å²) in [5, 5.41) is 0. The Hall–Kier alpha value is -0.0500. The van der Waals surface area contributed by atoms with Gasteiger partial charge in [0.2, 0.25) is 0 Å². The van der Waals surface area contributed by atoms with Crippen LogP contribution in [0.2, 0.25) is 0 Å². The lowest BCUT2D eigenvalue weighted by Gasteiger charge is -2.08. The molecule has 0 heterocycles. The zero-order valence-electron chi connectivity index (χ0n) is 8.51. The SMILES string of the molecule is CCCCOC(=O)[C@@H](Br)CCCC. The molecule has 0 rings (SSSR count). The molecule has 0 unspecified atom stereocenters. The first-order valence-corrected chi connectivity index (χ1v) is 5.94. The van der Waals surface area contributed by atoms with Crippen molar-refractivity contribution >= 4 is 21.9 Å². The standard InChI is InChI=1S/C10H19BrO2/c1-3-5-7-9(11)10(12)13-8-6-4-2/h9H,3-8H2,1-2H3/t9-/m0/s1. The van der Waals surface area contributed by atoms with Crippen LogP contribution in [-0.2, 0) is 9.53 Å². The number of esters is 1. The van der Waals surface area contributed by atoms with Crippen molar-refractivity contribution in [1.29, 1.82) is 0 Å². The molecule has 2 nitrogen and oxygen atoms in total. The zero-order chi connectivity index (χ0) is 10.1. The van der Waals surface area contributed by atoms with Gasteiger partial charge >= 0.3 is 5.97 Å². The van der Waals surface area contributed by atoms with Gasteiger partial charge in [-0.25, -0.2) is 0 Å². The molecule has 0 aromatic carbocycles. The molecule has 0 N–H and O–H groups in total. The summed E-state index contributed by atoms with van der Waals surface area (Å²) < 4.78 is 5.06. The predicted octanol–water partition coefficient (Wildman–Crippen LogP) is 3.28. The second-order valence-corrected chi connectivity index (χ2v) is 4.24. The van der Waals surface area contributed by atoms with Crippen LogP contribution in [0.4, 0.5) is 0 Å². The fraction of sp³-hybridized carbons (Fsp3) is 0.900. The molecule has 0 spiro atoms. The van der Waals surface area contributed by atoms with E-state index in [-0.39, 0.29) is 10.8 Å². The van der Waals surface area contributed by atoms with Crippen molar-refractivity contribution in [3.05, 3.63) is 0 Å². The molecule has 0 radical (unpaired) electrons. The van der Waals surface area contributed by atoms with Crippen LogP contribution in [-0.4, -0.2) is 17.4 Å². The van der Waals surface area contributed by atoms with Crippen LogP contribution in [0.5, 0.6) is 0 Å². The van der Waals surface area contributed by atoms with E-state index in [0.717, 1.165) is 32.1 Å². The molecular formula is C10H19BrO2. The highest BCUT2D eigenvalue weighted by molar-refractivity contribution is 9.10. The quantitative estimate of drug-likeness (QED) is 0.394. The summed E-state index contributed by atoms with van der Waals surface area (Å²) in [6.07, 6.45) is 5.08. The second-order valence-electron chi connectivity index (χ2n) is 3.13. The molecule has 78 valence electrons. The molecule has 0 aromatic rings. The van der Waals surface area contributed by atoms with Crippen LogP contribution < -0.4 is 0 Å². The van der Waals surface area contributed by atoms with Gasteiger partial charge < -0.3 is 4.74 Å². The van der Waals surface area contributed by atoms with E-state index in [2.05, 4.69) is 29.8 Å². The van der Waals surface area contributed by atoms with Gasteiger partial charge in [0.15, 0.2) is 0 Å². The number of hydrogen-bond donors (Lipinski definition) is 0. The van der Waals surface area contributed by atoms with E-state index in [1.165, 1.54) is 0 Å². The molecule has 0 bridgehead atoms. The topological polar surface area (TPSA) is 26.3 Å². The normalized spacial score (nSPS) is 12.5. The first-order valence-electron chi connectivity index (χ1n) is 5.03. The van der Waals surface area contributed by atoms with Gasteiger partial charge in [-0.05, 0) is 12.8 Å². The van der Waals surface area contributed by atoms with Crippen molar-refractivity contribution in [1.82, 2.24) is 0 Å². The number of halogens is 1. The maximum absolute atomic E-state index is 11.3. The van der Waals surface area contributed by atoms with Gasteiger partial charge in [-0.1, -0.05) is 49.0 Å². The van der Waals surface area contributed by atoms with Gasteiger partial charge in [0.05, 0.1) is 6.61 Å². The van der Waals surface area contributed by atoms with Crippen molar-refractivity contribution in [3.63, 3.8) is 0 Å². The Morgan fingerprint density at radius 1 is 1.31 bits per heavy atom. The second kappa shape index (κ2) is 8.54. The van der Waals surface area contributed by atoms with E-state index < -0.39 is 0 Å². The number of rotatable bonds is 7. The Morgan fingerprint density at radius 2 is 1.92 bits per heavy atom. The van der Waals surface area contributed by atoms with E-state index in [0.29, 0.717) is 6.61 Å². The van der Waals surface area contributed by atoms with E-state index in [9.17, 15) is 4.79 Å². The lowest BCUT2D eigenvalue weighted by Crippen LogP contribution is -2.17. The monoisotopic (exact) mass is 250 g/mol. The highest BCUT2D eigenvalue weighted by Crippen LogP contribution is 2.11. The highest BCUT2D eigenvalue weighted by atomic mass is 79.9. The van der Waals surface area contributed by atoms with Crippen LogP contribution in [0.1, 0.15) is 46.0 Å². The van der Waals surface area contributed by atoms with Crippen LogP contribution in [0.3, 0.4) is 0 Å². The summed E-state index contributed by atoms with van der Waals surface area (Å²) in [5.74, 6) is -0.109. The fourth-order valence-electron chi connectivity index (χ4n) is 0.909. The van der Waals surface area contributed by atoms with E-state index in [4.69, 9.17) is 4.74 Å². The third-order valence-corrected chi connectivity index (χ3v) is 2.64. The third-order valence-electron chi connectivity index (χ3n) is 1.81. The van der Waals surface area contributed by atoms with E-state index in [1.807, 2.05) is 0 Å². The first-order chi connectivity index (χ1) is 6.22. The zero-order valence-corrected chi connectivity index (χ0v) is 10.1. The summed E-state index contributed by atoms with van der Waals surface area (Å²) in [6.45, 7) is 4.75. The van der Waals surface area contributed by atoms with E-state index in [1.54, 1.807) is 0 Å². The van der Waals surface area contributed by atoms with Crippen LogP contribution in [0.15, 0.2) is 0 Å². The fourth-order valence-corrected chi connectivity index (χ4v) is 1.36. The minimum absolute atomic E-state index is 0.107. The smallest absolute Gasteiger partial charge is 0.319 e. The van der Waals surface area contributed by atoms with Crippen molar-refractivity contribution < 1.29 is 9.53 Å². The molecular weight excluding hydrogens is 232 g/mol. The summed E-state index contributed by atoms with van der Waals surface area (Å²) in [7, 11) is 0. The van der Waals surface area contributed by atoms with Crippen molar-refractivity contribution in [3.8, 4) is 0 Å². The van der Waals surface area contributed by atoms with Gasteiger partial charge in [-0.2, -0.15) is 0 Å². The maximum Gasteiger partial charge on any atom is 0.319 e. The Kier molecular flexibility index (Phi) is 8.51. The highest BCUT2D eigenvalue weighted by Gasteiger charge is 2.14. The lowest BCUT2D eigenvalue weighted by molar-refractivity contribution is -0.143. The molecule has 0 aliphatic heterocycles. The number of carbonyl (C=O) groups excluding carboxylic acids is 1. The number of alkyl halides is 1. The first kappa shape index (κ1) is 12.9. The maximum atomic E-state index is 11.3. The summed E-state index contributed by atoms with van der Waals surface area (Å²) in [4.78, 5) is 11.1. The number of unbranched alkanes of at least 4 members (excludes halogenated alkanes) is 2. The predicted molar refractivity (Wildman–Crippen MR) is 58.1 cm³/mol. The van der Waals surface area contributed by atoms with Gasteiger partial charge in [0.1, 0.15) is 4.83 Å². The largest absolute Gasteiger partial charge is 0.465 e. The van der Waals surface area contributed by atoms with Crippen molar-refractivity contribution in [2.24, 2.45) is 0 Å². The molecule has 0 aliphatic carbocycles. The summed E-state index contributed by atoms with van der Waals surface area (Å²) >= 11 is 3.32. The van der Waals surface area contributed by atoms with E-state index >= 15 is 0 Å². The van der Waals surface area contributed by atoms with Crippen molar-refractivity contribution in [2.75, 3.05) is 6.61 Å². The Bertz CT molecular complexity index is 137. The van der Waals surface area contributed by atoms with Gasteiger partial charge in [-0.3, -0.25) is 4.79 Å². The average molecular weight is 251 g/mol. The minimum Gasteiger partial charge on any atom is -0.465 e. The van der Waals surface area contributed by atoms with Gasteiger partial charge in [0, 0.05) is 0 Å². The molecule has 0 aliphatic rings. The number of hydrogen-bond acceptors (Lipinski definition) is 2. The van der Waals surface area contributed by atoms with Gasteiger partial charge in [-0.15, -0.1) is 0 Å². The lowest BCUT2D eigenvalue weighted by atomic mass is 10.2. The Labute approximate surface area is 89.2 Å². The molecule has 13 heavy (non-hydrogen) atoms. The molecule has 0 aromatic heterocycles. The summed E-state index contributed by atoms with van der Waals surface area (Å²) in [5.41, 5.74) is 0. The van der Waals surface area contributed by atoms with Crippen molar-refractivity contribution in [2.45, 2.75) is 50.8 Å². The number of ether oxygens (including phenoxy) is 1. The minimum atomic E-state index is -0.109.